The van der Waals surface area contributed by atoms with Gasteiger partial charge in [0, 0.05) is 0 Å². The molecule has 0 aliphatic carbocycles. The Labute approximate surface area is 86.8 Å². The van der Waals surface area contributed by atoms with E-state index in [4.69, 9.17) is 9.47 Å². The fourth-order valence-electron chi connectivity index (χ4n) is 0.874. The molecule has 84 valence electrons. The second kappa shape index (κ2) is 5.23. The normalized spacial score (nSPS) is 15.9. The van der Waals surface area contributed by atoms with Crippen LogP contribution in [0, 0.1) is 5.92 Å². The smallest absolute Gasteiger partial charge is 0.431 e. The van der Waals surface area contributed by atoms with Gasteiger partial charge in [-0.05, 0) is 33.6 Å². The standard InChI is InChI=1S/C11H22O3/c1-7-8(2)9(3)13-10(12)14-11(4,5)6/h8-9H,7H2,1-6H3. The van der Waals surface area contributed by atoms with Crippen molar-refractivity contribution in [1.29, 1.82) is 0 Å². The first-order valence-corrected chi connectivity index (χ1v) is 5.16. The van der Waals surface area contributed by atoms with Crippen molar-refractivity contribution in [2.75, 3.05) is 0 Å². The molecule has 0 rings (SSSR count). The average Bonchev–Trinajstić information content (AvgIpc) is 1.99. The fourth-order valence-corrected chi connectivity index (χ4v) is 0.874. The van der Waals surface area contributed by atoms with Gasteiger partial charge in [-0.3, -0.25) is 0 Å². The maximum Gasteiger partial charge on any atom is 0.509 e. The summed E-state index contributed by atoms with van der Waals surface area (Å²) in [5.41, 5.74) is -0.480. The van der Waals surface area contributed by atoms with Gasteiger partial charge in [-0.15, -0.1) is 0 Å². The van der Waals surface area contributed by atoms with Crippen molar-refractivity contribution in [2.24, 2.45) is 5.92 Å². The molecule has 0 aromatic heterocycles. The first-order chi connectivity index (χ1) is 6.26. The van der Waals surface area contributed by atoms with Crippen LogP contribution >= 0.6 is 0 Å². The van der Waals surface area contributed by atoms with Gasteiger partial charge in [0.25, 0.3) is 0 Å². The summed E-state index contributed by atoms with van der Waals surface area (Å²) >= 11 is 0. The summed E-state index contributed by atoms with van der Waals surface area (Å²) in [6.07, 6.45) is 0.324. The van der Waals surface area contributed by atoms with Gasteiger partial charge in [0.1, 0.15) is 11.7 Å². The van der Waals surface area contributed by atoms with Crippen LogP contribution in [0.25, 0.3) is 0 Å². The zero-order valence-electron chi connectivity index (χ0n) is 10.1. The van der Waals surface area contributed by atoms with Gasteiger partial charge < -0.3 is 9.47 Å². The molecule has 0 amide bonds. The van der Waals surface area contributed by atoms with Crippen LogP contribution in [0.4, 0.5) is 4.79 Å². The number of hydrogen-bond acceptors (Lipinski definition) is 3. The van der Waals surface area contributed by atoms with Gasteiger partial charge in [-0.25, -0.2) is 4.79 Å². The SMILES string of the molecule is CCC(C)C(C)OC(=O)OC(C)(C)C. The number of rotatable bonds is 3. The van der Waals surface area contributed by atoms with Crippen LogP contribution in [0.3, 0.4) is 0 Å². The van der Waals surface area contributed by atoms with Gasteiger partial charge >= 0.3 is 6.16 Å². The van der Waals surface area contributed by atoms with Crippen LogP contribution in [0.2, 0.25) is 0 Å². The molecular weight excluding hydrogens is 180 g/mol. The van der Waals surface area contributed by atoms with Crippen LogP contribution in [-0.2, 0) is 9.47 Å². The molecule has 0 saturated carbocycles. The van der Waals surface area contributed by atoms with E-state index in [9.17, 15) is 4.79 Å². The Morgan fingerprint density at radius 3 is 2.14 bits per heavy atom. The van der Waals surface area contributed by atoms with Crippen molar-refractivity contribution < 1.29 is 14.3 Å². The average molecular weight is 202 g/mol. The molecule has 14 heavy (non-hydrogen) atoms. The summed E-state index contributed by atoms with van der Waals surface area (Å²) in [6, 6.07) is 0. The van der Waals surface area contributed by atoms with E-state index in [1.807, 2.05) is 27.7 Å². The van der Waals surface area contributed by atoms with Crippen molar-refractivity contribution in [3.63, 3.8) is 0 Å². The van der Waals surface area contributed by atoms with E-state index in [0.29, 0.717) is 5.92 Å². The summed E-state index contributed by atoms with van der Waals surface area (Å²) < 4.78 is 10.2. The number of carbonyl (C=O) groups is 1. The Kier molecular flexibility index (Phi) is 4.95. The molecule has 0 spiro atoms. The Hall–Kier alpha value is -0.730. The minimum absolute atomic E-state index is 0.0881. The summed E-state index contributed by atoms with van der Waals surface area (Å²) in [7, 11) is 0. The summed E-state index contributed by atoms with van der Waals surface area (Å²) in [6.45, 7) is 11.5. The van der Waals surface area contributed by atoms with E-state index in [-0.39, 0.29) is 6.10 Å². The molecule has 0 fully saturated rings. The Morgan fingerprint density at radius 2 is 1.79 bits per heavy atom. The maximum atomic E-state index is 11.2. The highest BCUT2D eigenvalue weighted by atomic mass is 16.7. The molecule has 0 radical (unpaired) electrons. The monoisotopic (exact) mass is 202 g/mol. The minimum Gasteiger partial charge on any atom is -0.431 e. The van der Waals surface area contributed by atoms with E-state index in [1.54, 1.807) is 0 Å². The predicted octanol–water partition coefficient (Wildman–Crippen LogP) is 3.37. The van der Waals surface area contributed by atoms with Gasteiger partial charge in [0.15, 0.2) is 0 Å². The summed E-state index contributed by atoms with van der Waals surface area (Å²) in [5, 5.41) is 0. The lowest BCUT2D eigenvalue weighted by molar-refractivity contribution is -0.0335. The summed E-state index contributed by atoms with van der Waals surface area (Å²) in [4.78, 5) is 11.2. The maximum absolute atomic E-state index is 11.2. The highest BCUT2D eigenvalue weighted by molar-refractivity contribution is 5.60. The van der Waals surface area contributed by atoms with E-state index < -0.39 is 11.8 Å². The highest BCUT2D eigenvalue weighted by Gasteiger charge is 2.21. The Balaban J connectivity index is 3.95. The zero-order valence-corrected chi connectivity index (χ0v) is 10.1. The molecule has 0 aromatic rings. The van der Waals surface area contributed by atoms with Gasteiger partial charge in [-0.2, -0.15) is 0 Å². The van der Waals surface area contributed by atoms with E-state index in [1.165, 1.54) is 0 Å². The lowest BCUT2D eigenvalue weighted by Gasteiger charge is -2.23. The molecular formula is C11H22O3. The van der Waals surface area contributed by atoms with Crippen LogP contribution in [0.5, 0.6) is 0 Å². The molecule has 2 atom stereocenters. The minimum atomic E-state index is -0.578. The van der Waals surface area contributed by atoms with Crippen molar-refractivity contribution in [1.82, 2.24) is 0 Å². The second-order valence-electron chi connectivity index (χ2n) is 4.67. The third-order valence-electron chi connectivity index (χ3n) is 2.12. The zero-order chi connectivity index (χ0) is 11.4. The topological polar surface area (TPSA) is 35.5 Å². The molecule has 0 N–H and O–H groups in total. The molecule has 0 aliphatic rings. The predicted molar refractivity (Wildman–Crippen MR) is 56.2 cm³/mol. The molecule has 0 aromatic carbocycles. The van der Waals surface area contributed by atoms with Crippen molar-refractivity contribution >= 4 is 6.16 Å². The molecule has 3 heteroatoms. The first-order valence-electron chi connectivity index (χ1n) is 5.16. The van der Waals surface area contributed by atoms with Crippen LogP contribution in [-0.4, -0.2) is 17.9 Å². The van der Waals surface area contributed by atoms with Crippen molar-refractivity contribution in [3.8, 4) is 0 Å². The van der Waals surface area contributed by atoms with Gasteiger partial charge in [0.05, 0.1) is 0 Å². The van der Waals surface area contributed by atoms with E-state index >= 15 is 0 Å². The first kappa shape index (κ1) is 13.3. The molecule has 2 unspecified atom stereocenters. The fraction of sp³-hybridized carbons (Fsp3) is 0.909. The van der Waals surface area contributed by atoms with Crippen LogP contribution in [0.15, 0.2) is 0 Å². The third-order valence-corrected chi connectivity index (χ3v) is 2.12. The molecule has 0 saturated heterocycles. The van der Waals surface area contributed by atoms with Crippen LogP contribution < -0.4 is 0 Å². The quantitative estimate of drug-likeness (QED) is 0.658. The van der Waals surface area contributed by atoms with Gasteiger partial charge in [0.2, 0.25) is 0 Å². The number of hydrogen-bond donors (Lipinski definition) is 0. The van der Waals surface area contributed by atoms with E-state index in [0.717, 1.165) is 6.42 Å². The molecule has 0 bridgehead atoms. The van der Waals surface area contributed by atoms with Gasteiger partial charge in [-0.1, -0.05) is 20.3 Å². The largest absolute Gasteiger partial charge is 0.509 e. The number of ether oxygens (including phenoxy) is 2. The van der Waals surface area contributed by atoms with Crippen molar-refractivity contribution in [2.45, 2.75) is 59.7 Å². The second-order valence-corrected chi connectivity index (χ2v) is 4.67. The third kappa shape index (κ3) is 5.84. The Bertz CT molecular complexity index is 181. The lowest BCUT2D eigenvalue weighted by Crippen LogP contribution is -2.28. The molecule has 0 aliphatic heterocycles. The van der Waals surface area contributed by atoms with E-state index in [2.05, 4.69) is 13.8 Å². The Morgan fingerprint density at radius 1 is 1.29 bits per heavy atom. The lowest BCUT2D eigenvalue weighted by atomic mass is 10.0. The van der Waals surface area contributed by atoms with Crippen LogP contribution in [0.1, 0.15) is 48.0 Å². The van der Waals surface area contributed by atoms with Crippen molar-refractivity contribution in [3.05, 3.63) is 0 Å². The summed E-state index contributed by atoms with van der Waals surface area (Å²) in [5.74, 6) is 0.363. The molecule has 0 heterocycles. The highest BCUT2D eigenvalue weighted by Crippen LogP contribution is 2.14. The number of carbonyl (C=O) groups excluding carboxylic acids is 1. The molecule has 3 nitrogen and oxygen atoms in total.